The van der Waals surface area contributed by atoms with Crippen molar-refractivity contribution in [3.05, 3.63) is 54.9 Å². The molecule has 1 aromatic carbocycles. The van der Waals surface area contributed by atoms with Gasteiger partial charge >= 0.3 is 6.09 Å². The first kappa shape index (κ1) is 23.2. The van der Waals surface area contributed by atoms with E-state index < -0.39 is 0 Å². The van der Waals surface area contributed by atoms with Crippen LogP contribution in [0.5, 0.6) is 0 Å². The molecule has 1 atom stereocenters. The summed E-state index contributed by atoms with van der Waals surface area (Å²) in [6.07, 6.45) is 9.01. The number of hydrogen-bond acceptors (Lipinski definition) is 4. The van der Waals surface area contributed by atoms with E-state index in [4.69, 9.17) is 4.74 Å². The van der Waals surface area contributed by atoms with Crippen molar-refractivity contribution in [2.45, 2.75) is 65.8 Å². The van der Waals surface area contributed by atoms with Crippen LogP contribution in [0.2, 0.25) is 0 Å². The number of fused-ring (bicyclic) bond motifs is 1. The number of ether oxygens (including phenoxy) is 1. The Bertz CT molecular complexity index is 1230. The highest BCUT2D eigenvalue weighted by molar-refractivity contribution is 6.05. The molecule has 1 saturated carbocycles. The number of aryl methyl sites for hydroxylation is 3. The number of carbonyl (C=O) groups is 2. The number of nitrogens with zero attached hydrogens (tertiary/aromatic N) is 5. The van der Waals surface area contributed by atoms with E-state index in [0.29, 0.717) is 6.54 Å². The summed E-state index contributed by atoms with van der Waals surface area (Å²) in [6, 6.07) is 8.09. The van der Waals surface area contributed by atoms with Gasteiger partial charge in [0.1, 0.15) is 0 Å². The van der Waals surface area contributed by atoms with Crippen LogP contribution in [0.4, 0.5) is 16.2 Å². The molecule has 3 heterocycles. The van der Waals surface area contributed by atoms with E-state index in [1.165, 1.54) is 0 Å². The van der Waals surface area contributed by atoms with Crippen molar-refractivity contribution < 1.29 is 14.3 Å². The Kier molecular flexibility index (Phi) is 6.13. The lowest BCUT2D eigenvalue weighted by Crippen LogP contribution is -2.52. The van der Waals surface area contributed by atoms with E-state index in [1.807, 2.05) is 56.4 Å². The van der Waals surface area contributed by atoms with Crippen LogP contribution in [0.3, 0.4) is 0 Å². The molecule has 0 radical (unpaired) electrons. The maximum absolute atomic E-state index is 13.1. The number of amides is 2. The van der Waals surface area contributed by atoms with Gasteiger partial charge in [-0.1, -0.05) is 6.07 Å². The normalized spacial score (nSPS) is 17.6. The summed E-state index contributed by atoms with van der Waals surface area (Å²) in [6.45, 7) is 9.87. The SMILES string of the molecule is Cc1cc(-c2ccc3c(c2)N(C(=O)OC(C)C)C[C@H](C)N3C(=O)C2CC2)cn1CCn1ccnc1. The van der Waals surface area contributed by atoms with Gasteiger partial charge in [0.15, 0.2) is 0 Å². The molecular formula is C27H33N5O3. The Morgan fingerprint density at radius 1 is 1.11 bits per heavy atom. The molecular weight excluding hydrogens is 442 g/mol. The van der Waals surface area contributed by atoms with Gasteiger partial charge in [-0.3, -0.25) is 9.69 Å². The molecule has 0 N–H and O–H groups in total. The van der Waals surface area contributed by atoms with Gasteiger partial charge in [0, 0.05) is 49.8 Å². The lowest BCUT2D eigenvalue weighted by molar-refractivity contribution is -0.120. The van der Waals surface area contributed by atoms with Crippen molar-refractivity contribution in [2.24, 2.45) is 5.92 Å². The second-order valence-electron chi connectivity index (χ2n) is 9.94. The Morgan fingerprint density at radius 3 is 2.60 bits per heavy atom. The largest absolute Gasteiger partial charge is 0.446 e. The molecule has 8 heteroatoms. The highest BCUT2D eigenvalue weighted by Gasteiger charge is 2.41. The fraction of sp³-hybridized carbons (Fsp3) is 0.444. The first-order chi connectivity index (χ1) is 16.8. The van der Waals surface area contributed by atoms with Crippen LogP contribution < -0.4 is 9.80 Å². The number of carbonyl (C=O) groups excluding carboxylic acids is 2. The summed E-state index contributed by atoms with van der Waals surface area (Å²) in [5.41, 5.74) is 4.74. The Balaban J connectivity index is 1.48. The Labute approximate surface area is 206 Å². The summed E-state index contributed by atoms with van der Waals surface area (Å²) in [4.78, 5) is 33.9. The van der Waals surface area contributed by atoms with Crippen molar-refractivity contribution in [3.63, 3.8) is 0 Å². The van der Waals surface area contributed by atoms with Gasteiger partial charge < -0.3 is 18.8 Å². The zero-order valence-corrected chi connectivity index (χ0v) is 20.8. The molecule has 2 aliphatic rings. The van der Waals surface area contributed by atoms with Crippen molar-refractivity contribution in [1.82, 2.24) is 14.1 Å². The molecule has 0 bridgehead atoms. The van der Waals surface area contributed by atoms with Crippen LogP contribution in [-0.2, 0) is 22.6 Å². The van der Waals surface area contributed by atoms with E-state index in [1.54, 1.807) is 11.1 Å². The quantitative estimate of drug-likeness (QED) is 0.511. The third-order valence-electron chi connectivity index (χ3n) is 6.74. The van der Waals surface area contributed by atoms with Crippen molar-refractivity contribution in [1.29, 1.82) is 0 Å². The maximum Gasteiger partial charge on any atom is 0.414 e. The fourth-order valence-corrected chi connectivity index (χ4v) is 4.76. The number of aromatic nitrogens is 3. The van der Waals surface area contributed by atoms with Gasteiger partial charge in [-0.25, -0.2) is 9.78 Å². The lowest BCUT2D eigenvalue weighted by Gasteiger charge is -2.41. The number of imidazole rings is 1. The van der Waals surface area contributed by atoms with E-state index in [9.17, 15) is 9.59 Å². The van der Waals surface area contributed by atoms with Crippen LogP contribution in [0.15, 0.2) is 49.2 Å². The van der Waals surface area contributed by atoms with Gasteiger partial charge in [0.05, 0.1) is 29.8 Å². The average Bonchev–Trinajstić information content (AvgIpc) is 3.41. The molecule has 0 saturated heterocycles. The van der Waals surface area contributed by atoms with Gasteiger partial charge in [-0.05, 0) is 69.9 Å². The van der Waals surface area contributed by atoms with Gasteiger partial charge in [0.2, 0.25) is 5.91 Å². The molecule has 3 aromatic rings. The van der Waals surface area contributed by atoms with E-state index in [-0.39, 0.29) is 30.1 Å². The van der Waals surface area contributed by atoms with E-state index in [0.717, 1.165) is 54.1 Å². The number of rotatable bonds is 6. The van der Waals surface area contributed by atoms with Crippen LogP contribution in [0, 0.1) is 12.8 Å². The molecule has 2 aromatic heterocycles. The zero-order chi connectivity index (χ0) is 24.7. The van der Waals surface area contributed by atoms with Gasteiger partial charge in [-0.2, -0.15) is 0 Å². The van der Waals surface area contributed by atoms with Crippen LogP contribution in [0.1, 0.15) is 39.3 Å². The van der Waals surface area contributed by atoms with Gasteiger partial charge in [0.25, 0.3) is 0 Å². The topological polar surface area (TPSA) is 72.6 Å². The van der Waals surface area contributed by atoms with Crippen LogP contribution in [-0.4, -0.2) is 44.8 Å². The summed E-state index contributed by atoms with van der Waals surface area (Å²) in [7, 11) is 0. The predicted octanol–water partition coefficient (Wildman–Crippen LogP) is 4.86. The van der Waals surface area contributed by atoms with Crippen LogP contribution >= 0.6 is 0 Å². The van der Waals surface area contributed by atoms with Crippen molar-refractivity contribution in [2.75, 3.05) is 16.3 Å². The third-order valence-corrected chi connectivity index (χ3v) is 6.74. The lowest BCUT2D eigenvalue weighted by atomic mass is 10.0. The van der Waals surface area contributed by atoms with Gasteiger partial charge in [-0.15, -0.1) is 0 Å². The number of hydrogen-bond donors (Lipinski definition) is 0. The Morgan fingerprint density at radius 2 is 1.91 bits per heavy atom. The minimum absolute atomic E-state index is 0.103. The highest BCUT2D eigenvalue weighted by Crippen LogP contribution is 2.42. The molecule has 2 amide bonds. The van der Waals surface area contributed by atoms with Crippen molar-refractivity contribution in [3.8, 4) is 11.1 Å². The number of anilines is 2. The molecule has 0 unspecified atom stereocenters. The predicted molar refractivity (Wildman–Crippen MR) is 135 cm³/mol. The summed E-state index contributed by atoms with van der Waals surface area (Å²) in [5, 5.41) is 0. The minimum Gasteiger partial charge on any atom is -0.446 e. The molecule has 8 nitrogen and oxygen atoms in total. The molecule has 5 rings (SSSR count). The standard InChI is InChI=1S/C27H33N5O3/c1-18(2)35-27(34)31-15-20(4)32(26(33)21-5-6-21)24-8-7-22(14-25(24)31)23-13-19(3)30(16-23)12-11-29-10-9-28-17-29/h7-10,13-14,16-18,20-21H,5-6,11-12,15H2,1-4H3/t20-/m0/s1. The molecule has 1 aliphatic heterocycles. The summed E-state index contributed by atoms with van der Waals surface area (Å²) >= 11 is 0. The smallest absolute Gasteiger partial charge is 0.414 e. The average molecular weight is 476 g/mol. The summed E-state index contributed by atoms with van der Waals surface area (Å²) in [5.74, 6) is 0.260. The first-order valence-electron chi connectivity index (χ1n) is 12.4. The second-order valence-corrected chi connectivity index (χ2v) is 9.94. The number of benzene rings is 1. The minimum atomic E-state index is -0.377. The first-order valence-corrected chi connectivity index (χ1v) is 12.4. The second kappa shape index (κ2) is 9.24. The Hall–Kier alpha value is -3.55. The zero-order valence-electron chi connectivity index (χ0n) is 20.8. The molecule has 1 fully saturated rings. The fourth-order valence-electron chi connectivity index (χ4n) is 4.76. The molecule has 0 spiro atoms. The van der Waals surface area contributed by atoms with Crippen molar-refractivity contribution >= 4 is 23.4 Å². The monoisotopic (exact) mass is 475 g/mol. The maximum atomic E-state index is 13.1. The highest BCUT2D eigenvalue weighted by atomic mass is 16.6. The van der Waals surface area contributed by atoms with E-state index in [2.05, 4.69) is 33.3 Å². The molecule has 184 valence electrons. The summed E-state index contributed by atoms with van der Waals surface area (Å²) < 4.78 is 9.84. The molecule has 1 aliphatic carbocycles. The molecule has 35 heavy (non-hydrogen) atoms. The third kappa shape index (κ3) is 4.70. The van der Waals surface area contributed by atoms with Crippen LogP contribution in [0.25, 0.3) is 11.1 Å². The van der Waals surface area contributed by atoms with E-state index >= 15 is 0 Å².